The summed E-state index contributed by atoms with van der Waals surface area (Å²) >= 11 is 5.78. The quantitative estimate of drug-likeness (QED) is 0.448. The molecule has 0 aliphatic carbocycles. The molecule has 11 heteroatoms. The summed E-state index contributed by atoms with van der Waals surface area (Å²) in [5, 5.41) is 13.3. The van der Waals surface area contributed by atoms with Crippen molar-refractivity contribution in [1.82, 2.24) is 5.32 Å². The van der Waals surface area contributed by atoms with Gasteiger partial charge in [0, 0.05) is 37.3 Å². The second-order valence-corrected chi connectivity index (χ2v) is 8.32. The standard InChI is InChI=1S/C19H19ClFN3O5S/c1-23(30(28)29)15-3-2-4-16(10-15)24-6-5-19(27,18(24)26)17(25)22-11-12-7-13(20)9-14(21)8-12/h2-4,7-10,27,30H,5-6,11H2,1H3,(H,22,25)/t19-/m1/s1. The molecule has 0 spiro atoms. The van der Waals surface area contributed by atoms with Crippen molar-refractivity contribution in [2.24, 2.45) is 0 Å². The number of anilines is 2. The van der Waals surface area contributed by atoms with E-state index in [1.165, 1.54) is 30.1 Å². The number of carbonyl (C=O) groups excluding carboxylic acids is 2. The second-order valence-electron chi connectivity index (χ2n) is 6.81. The lowest BCUT2D eigenvalue weighted by Crippen LogP contribution is -2.52. The van der Waals surface area contributed by atoms with Crippen LogP contribution < -0.4 is 14.5 Å². The molecule has 1 saturated heterocycles. The van der Waals surface area contributed by atoms with Gasteiger partial charge in [-0.25, -0.2) is 12.8 Å². The summed E-state index contributed by atoms with van der Waals surface area (Å²) in [6.07, 6.45) is -0.155. The molecular formula is C19H19ClFN3O5S. The number of halogens is 2. The monoisotopic (exact) mass is 455 g/mol. The number of nitrogens with zero attached hydrogens (tertiary/aromatic N) is 2. The van der Waals surface area contributed by atoms with Gasteiger partial charge >= 0.3 is 0 Å². The zero-order valence-corrected chi connectivity index (χ0v) is 17.5. The van der Waals surface area contributed by atoms with Crippen LogP contribution in [-0.4, -0.2) is 44.5 Å². The van der Waals surface area contributed by atoms with Crippen LogP contribution in [0, 0.1) is 5.82 Å². The van der Waals surface area contributed by atoms with E-state index in [1.807, 2.05) is 0 Å². The highest BCUT2D eigenvalue weighted by molar-refractivity contribution is 7.74. The Morgan fingerprint density at radius 1 is 1.33 bits per heavy atom. The van der Waals surface area contributed by atoms with Gasteiger partial charge in [0.2, 0.25) is 16.5 Å². The molecule has 2 N–H and O–H groups in total. The molecule has 2 aromatic rings. The van der Waals surface area contributed by atoms with Crippen LogP contribution >= 0.6 is 11.6 Å². The Labute approximate surface area is 178 Å². The van der Waals surface area contributed by atoms with Crippen LogP contribution in [0.4, 0.5) is 15.8 Å². The third-order valence-electron chi connectivity index (χ3n) is 4.81. The molecule has 160 valence electrons. The summed E-state index contributed by atoms with van der Waals surface area (Å²) in [6.45, 7) is -0.0616. The summed E-state index contributed by atoms with van der Waals surface area (Å²) in [5.74, 6) is -2.31. The maximum Gasteiger partial charge on any atom is 0.268 e. The van der Waals surface area contributed by atoms with Crippen molar-refractivity contribution < 1.29 is 27.5 Å². The van der Waals surface area contributed by atoms with Crippen molar-refractivity contribution >= 4 is 45.7 Å². The SMILES string of the molecule is CN(c1cccc(N2CC[C@@](O)(C(=O)NCc3cc(F)cc(Cl)c3)C2=O)c1)[SH](=O)=O. The van der Waals surface area contributed by atoms with Gasteiger partial charge < -0.3 is 15.3 Å². The van der Waals surface area contributed by atoms with Gasteiger partial charge in [0.25, 0.3) is 11.8 Å². The van der Waals surface area contributed by atoms with Gasteiger partial charge in [-0.15, -0.1) is 0 Å². The second kappa shape index (κ2) is 8.58. The van der Waals surface area contributed by atoms with Gasteiger partial charge in [0.15, 0.2) is 0 Å². The topological polar surface area (TPSA) is 107 Å². The van der Waals surface area contributed by atoms with Crippen molar-refractivity contribution in [2.75, 3.05) is 22.8 Å². The van der Waals surface area contributed by atoms with Gasteiger partial charge in [0.05, 0.1) is 5.69 Å². The zero-order chi connectivity index (χ0) is 22.1. The zero-order valence-electron chi connectivity index (χ0n) is 15.8. The molecule has 0 bridgehead atoms. The summed E-state index contributed by atoms with van der Waals surface area (Å²) in [7, 11) is -1.49. The highest BCUT2D eigenvalue weighted by Gasteiger charge is 2.51. The molecule has 1 aliphatic heterocycles. The Morgan fingerprint density at radius 3 is 2.73 bits per heavy atom. The average Bonchev–Trinajstić information content (AvgIpc) is 3.00. The Morgan fingerprint density at radius 2 is 2.07 bits per heavy atom. The van der Waals surface area contributed by atoms with Crippen molar-refractivity contribution in [3.05, 3.63) is 58.9 Å². The maximum absolute atomic E-state index is 13.4. The third kappa shape index (κ3) is 4.40. The van der Waals surface area contributed by atoms with Crippen LogP contribution in [0.5, 0.6) is 0 Å². The van der Waals surface area contributed by atoms with Crippen LogP contribution in [0.3, 0.4) is 0 Å². The molecular weight excluding hydrogens is 437 g/mol. The summed E-state index contributed by atoms with van der Waals surface area (Å²) in [6, 6.07) is 9.93. The number of hydrogen-bond donors (Lipinski definition) is 3. The Hall–Kier alpha value is -2.69. The first-order chi connectivity index (χ1) is 14.1. The van der Waals surface area contributed by atoms with Crippen LogP contribution in [0.2, 0.25) is 5.02 Å². The fraction of sp³-hybridized carbons (Fsp3) is 0.263. The number of amides is 2. The average molecular weight is 456 g/mol. The number of carbonyl (C=O) groups is 2. The lowest BCUT2D eigenvalue weighted by atomic mass is 10.0. The summed E-state index contributed by atoms with van der Waals surface area (Å²) in [5.41, 5.74) is -1.23. The molecule has 8 nitrogen and oxygen atoms in total. The summed E-state index contributed by atoms with van der Waals surface area (Å²) in [4.78, 5) is 26.6. The lowest BCUT2D eigenvalue weighted by molar-refractivity contribution is -0.149. The Bertz CT molecular complexity index is 1050. The molecule has 2 aromatic carbocycles. The molecule has 1 atom stereocenters. The largest absolute Gasteiger partial charge is 0.372 e. The first-order valence-corrected chi connectivity index (χ1v) is 10.4. The fourth-order valence-corrected chi connectivity index (χ4v) is 3.72. The van der Waals surface area contributed by atoms with E-state index in [1.54, 1.807) is 18.2 Å². The number of nitrogens with one attached hydrogen (secondary N) is 1. The van der Waals surface area contributed by atoms with Gasteiger partial charge in [-0.05, 0) is 42.0 Å². The Kier molecular flexibility index (Phi) is 6.30. The number of aliphatic hydroxyl groups is 1. The molecule has 30 heavy (non-hydrogen) atoms. The molecule has 0 radical (unpaired) electrons. The lowest BCUT2D eigenvalue weighted by Gasteiger charge is -2.22. The molecule has 0 aromatic heterocycles. The molecule has 0 saturated carbocycles. The first kappa shape index (κ1) is 22.0. The third-order valence-corrected chi connectivity index (χ3v) is 5.75. The van der Waals surface area contributed by atoms with E-state index in [9.17, 15) is 27.5 Å². The van der Waals surface area contributed by atoms with Crippen LogP contribution in [0.15, 0.2) is 42.5 Å². The van der Waals surface area contributed by atoms with E-state index in [4.69, 9.17) is 11.6 Å². The van der Waals surface area contributed by atoms with Crippen molar-refractivity contribution in [3.63, 3.8) is 0 Å². The normalized spacial score (nSPS) is 18.7. The highest BCUT2D eigenvalue weighted by atomic mass is 35.5. The van der Waals surface area contributed by atoms with Crippen molar-refractivity contribution in [3.8, 4) is 0 Å². The van der Waals surface area contributed by atoms with Gasteiger partial charge in [-0.2, -0.15) is 0 Å². The van der Waals surface area contributed by atoms with E-state index >= 15 is 0 Å². The predicted octanol–water partition coefficient (Wildman–Crippen LogP) is 1.23. The van der Waals surface area contributed by atoms with Gasteiger partial charge in [-0.3, -0.25) is 13.9 Å². The van der Waals surface area contributed by atoms with Crippen LogP contribution in [0.25, 0.3) is 0 Å². The first-order valence-electron chi connectivity index (χ1n) is 8.87. The number of hydrogen-bond acceptors (Lipinski definition) is 5. The molecule has 3 rings (SSSR count). The molecule has 2 amide bonds. The molecule has 1 heterocycles. The predicted molar refractivity (Wildman–Crippen MR) is 110 cm³/mol. The number of thiol groups is 1. The molecule has 0 unspecified atom stereocenters. The minimum atomic E-state index is -2.85. The minimum Gasteiger partial charge on any atom is -0.372 e. The number of benzene rings is 2. The minimum absolute atomic E-state index is 0.0607. The van der Waals surface area contributed by atoms with Gasteiger partial charge in [0.1, 0.15) is 5.82 Å². The van der Waals surface area contributed by atoms with E-state index in [0.29, 0.717) is 16.9 Å². The molecule has 1 aliphatic rings. The van der Waals surface area contributed by atoms with Crippen LogP contribution in [0.1, 0.15) is 12.0 Å². The van der Waals surface area contributed by atoms with Crippen LogP contribution in [-0.2, 0) is 27.0 Å². The maximum atomic E-state index is 13.4. The highest BCUT2D eigenvalue weighted by Crippen LogP contribution is 2.31. The smallest absolute Gasteiger partial charge is 0.268 e. The summed E-state index contributed by atoms with van der Waals surface area (Å²) < 4.78 is 36.8. The van der Waals surface area contributed by atoms with Crippen molar-refractivity contribution in [1.29, 1.82) is 0 Å². The fourth-order valence-electron chi connectivity index (χ4n) is 3.16. The van der Waals surface area contributed by atoms with E-state index < -0.39 is 34.1 Å². The molecule has 1 fully saturated rings. The number of rotatable bonds is 6. The van der Waals surface area contributed by atoms with E-state index in [-0.39, 0.29) is 24.5 Å². The van der Waals surface area contributed by atoms with Crippen molar-refractivity contribution in [2.45, 2.75) is 18.6 Å². The van der Waals surface area contributed by atoms with E-state index in [0.717, 1.165) is 10.4 Å². The Balaban J connectivity index is 1.74. The van der Waals surface area contributed by atoms with E-state index in [2.05, 4.69) is 5.32 Å². The van der Waals surface area contributed by atoms with Gasteiger partial charge in [-0.1, -0.05) is 17.7 Å².